The van der Waals surface area contributed by atoms with E-state index in [1.165, 1.54) is 12.3 Å². The monoisotopic (exact) mass is 351 g/mol. The van der Waals surface area contributed by atoms with E-state index in [1.54, 1.807) is 19.1 Å². The summed E-state index contributed by atoms with van der Waals surface area (Å²) in [6, 6.07) is 6.69. The molecule has 8 heteroatoms. The number of nitrogens with zero attached hydrogens (tertiary/aromatic N) is 1. The fourth-order valence-corrected chi connectivity index (χ4v) is 2.54. The summed E-state index contributed by atoms with van der Waals surface area (Å²) in [5, 5.41) is 19.0. The topological polar surface area (TPSA) is 79.7 Å². The first-order valence-corrected chi connectivity index (χ1v) is 7.15. The van der Waals surface area contributed by atoms with E-state index < -0.39 is 40.9 Å². The molecule has 0 fully saturated rings. The van der Waals surface area contributed by atoms with Gasteiger partial charge in [0.05, 0.1) is 11.3 Å². The van der Waals surface area contributed by atoms with Crippen molar-refractivity contribution in [3.05, 3.63) is 64.7 Å². The second-order valence-electron chi connectivity index (χ2n) is 5.54. The Hall–Kier alpha value is -3.03. The molecule has 2 heterocycles. The van der Waals surface area contributed by atoms with Crippen LogP contribution in [0, 0.1) is 6.92 Å². The Balaban J connectivity index is 2.14. The number of rotatable bonds is 2. The summed E-state index contributed by atoms with van der Waals surface area (Å²) in [5.74, 6) is -3.32. The van der Waals surface area contributed by atoms with E-state index in [9.17, 15) is 28.2 Å². The van der Waals surface area contributed by atoms with Crippen LogP contribution in [-0.4, -0.2) is 21.2 Å². The van der Waals surface area contributed by atoms with Crippen LogP contribution in [0.5, 0.6) is 0 Å². The maximum Gasteiger partial charge on any atom is 0.416 e. The Morgan fingerprint density at radius 3 is 2.44 bits per heavy atom. The third-order valence-electron chi connectivity index (χ3n) is 3.76. The van der Waals surface area contributed by atoms with Gasteiger partial charge in [-0.1, -0.05) is 12.1 Å². The highest BCUT2D eigenvalue weighted by Crippen LogP contribution is 2.42. The number of aromatic nitrogens is 1. The van der Waals surface area contributed by atoms with Crippen molar-refractivity contribution in [3.63, 3.8) is 0 Å². The molecule has 1 aromatic carbocycles. The maximum absolute atomic E-state index is 13.5. The summed E-state index contributed by atoms with van der Waals surface area (Å²) in [6.07, 6.45) is -4.99. The Kier molecular flexibility index (Phi) is 3.90. The van der Waals surface area contributed by atoms with Crippen molar-refractivity contribution < 1.29 is 32.9 Å². The van der Waals surface area contributed by atoms with E-state index in [0.29, 0.717) is 5.69 Å². The van der Waals surface area contributed by atoms with Gasteiger partial charge in [0.15, 0.2) is 11.9 Å². The average molecular weight is 351 g/mol. The molecule has 0 radical (unpaired) electrons. The SMILES string of the molecule is Cc1ccnc(-c2ccc(C3OC(=O)C(O)=C3O)c(C(F)(F)F)c2)c1. The number of halogens is 3. The molecule has 130 valence electrons. The van der Waals surface area contributed by atoms with Crippen molar-refractivity contribution >= 4 is 5.97 Å². The second kappa shape index (κ2) is 5.80. The van der Waals surface area contributed by atoms with Gasteiger partial charge in [-0.05, 0) is 30.7 Å². The summed E-state index contributed by atoms with van der Waals surface area (Å²) < 4.78 is 45.1. The van der Waals surface area contributed by atoms with Crippen molar-refractivity contribution in [1.82, 2.24) is 4.98 Å². The van der Waals surface area contributed by atoms with Gasteiger partial charge < -0.3 is 14.9 Å². The van der Waals surface area contributed by atoms with E-state index in [-0.39, 0.29) is 5.56 Å². The Morgan fingerprint density at radius 2 is 1.88 bits per heavy atom. The van der Waals surface area contributed by atoms with E-state index >= 15 is 0 Å². The molecule has 3 rings (SSSR count). The fraction of sp³-hybridized carbons (Fsp3) is 0.176. The van der Waals surface area contributed by atoms with Crippen LogP contribution in [0.2, 0.25) is 0 Å². The van der Waals surface area contributed by atoms with Gasteiger partial charge >= 0.3 is 12.1 Å². The van der Waals surface area contributed by atoms with Crippen LogP contribution in [0.25, 0.3) is 11.3 Å². The first kappa shape index (κ1) is 16.8. The lowest BCUT2D eigenvalue weighted by molar-refractivity contribution is -0.146. The van der Waals surface area contributed by atoms with Crippen molar-refractivity contribution in [2.75, 3.05) is 0 Å². The number of alkyl halides is 3. The number of aryl methyl sites for hydroxylation is 1. The van der Waals surface area contributed by atoms with Gasteiger partial charge in [0.25, 0.3) is 0 Å². The van der Waals surface area contributed by atoms with Crippen molar-refractivity contribution in [2.24, 2.45) is 0 Å². The Morgan fingerprint density at radius 1 is 1.16 bits per heavy atom. The maximum atomic E-state index is 13.5. The van der Waals surface area contributed by atoms with Gasteiger partial charge in [-0.2, -0.15) is 13.2 Å². The lowest BCUT2D eigenvalue weighted by Crippen LogP contribution is -2.14. The molecule has 5 nitrogen and oxygen atoms in total. The molecule has 1 unspecified atom stereocenters. The number of esters is 1. The van der Waals surface area contributed by atoms with E-state index in [2.05, 4.69) is 9.72 Å². The van der Waals surface area contributed by atoms with Crippen LogP contribution in [0.1, 0.15) is 22.8 Å². The molecule has 25 heavy (non-hydrogen) atoms. The largest absolute Gasteiger partial charge is 0.505 e. The molecule has 0 amide bonds. The minimum absolute atomic E-state index is 0.219. The number of hydrogen-bond acceptors (Lipinski definition) is 5. The van der Waals surface area contributed by atoms with Crippen LogP contribution >= 0.6 is 0 Å². The zero-order valence-corrected chi connectivity index (χ0v) is 12.8. The summed E-state index contributed by atoms with van der Waals surface area (Å²) in [7, 11) is 0. The van der Waals surface area contributed by atoms with E-state index in [1.807, 2.05) is 0 Å². The van der Waals surface area contributed by atoms with Crippen molar-refractivity contribution in [2.45, 2.75) is 19.2 Å². The van der Waals surface area contributed by atoms with Crippen molar-refractivity contribution in [1.29, 1.82) is 0 Å². The summed E-state index contributed by atoms with van der Waals surface area (Å²) in [4.78, 5) is 15.3. The standard InChI is InChI=1S/C17H12F3NO4/c1-8-4-5-21-12(6-8)9-2-3-10(11(7-9)17(18,19)20)15-13(22)14(23)16(24)25-15/h2-7,15,22-23H,1H3. The molecule has 1 aliphatic heterocycles. The molecule has 0 saturated heterocycles. The zero-order valence-electron chi connectivity index (χ0n) is 12.8. The summed E-state index contributed by atoms with van der Waals surface area (Å²) in [5.41, 5.74) is -0.163. The first-order chi connectivity index (χ1) is 11.7. The number of pyridine rings is 1. The molecular formula is C17H12F3NO4. The number of benzene rings is 1. The minimum Gasteiger partial charge on any atom is -0.505 e. The number of aliphatic hydroxyl groups is 2. The van der Waals surface area contributed by atoms with Crippen LogP contribution in [0.4, 0.5) is 13.2 Å². The third kappa shape index (κ3) is 3.02. The van der Waals surface area contributed by atoms with E-state index in [0.717, 1.165) is 17.7 Å². The Bertz CT molecular complexity index is 890. The third-order valence-corrected chi connectivity index (χ3v) is 3.76. The molecule has 1 atom stereocenters. The second-order valence-corrected chi connectivity index (χ2v) is 5.54. The summed E-state index contributed by atoms with van der Waals surface area (Å²) in [6.45, 7) is 1.79. The van der Waals surface area contributed by atoms with Gasteiger partial charge in [0, 0.05) is 17.3 Å². The predicted molar refractivity (Wildman–Crippen MR) is 80.5 cm³/mol. The molecule has 1 aliphatic rings. The lowest BCUT2D eigenvalue weighted by Gasteiger charge is -2.18. The van der Waals surface area contributed by atoms with Crippen LogP contribution < -0.4 is 0 Å². The highest BCUT2D eigenvalue weighted by Gasteiger charge is 2.42. The smallest absolute Gasteiger partial charge is 0.416 e. The van der Waals surface area contributed by atoms with Gasteiger partial charge in [-0.15, -0.1) is 0 Å². The first-order valence-electron chi connectivity index (χ1n) is 7.15. The highest BCUT2D eigenvalue weighted by molar-refractivity contribution is 5.89. The predicted octanol–water partition coefficient (Wildman–Crippen LogP) is 4.00. The van der Waals surface area contributed by atoms with Gasteiger partial charge in [0.1, 0.15) is 0 Å². The van der Waals surface area contributed by atoms with Gasteiger partial charge in [0.2, 0.25) is 5.76 Å². The van der Waals surface area contributed by atoms with Crippen molar-refractivity contribution in [3.8, 4) is 11.3 Å². The minimum atomic E-state index is -4.76. The van der Waals surface area contributed by atoms with Gasteiger partial charge in [-0.3, -0.25) is 4.98 Å². The molecule has 1 aromatic heterocycles. The normalized spacial score (nSPS) is 17.8. The lowest BCUT2D eigenvalue weighted by atomic mass is 9.96. The molecule has 0 saturated carbocycles. The number of ether oxygens (including phenoxy) is 1. The molecule has 2 N–H and O–H groups in total. The van der Waals surface area contributed by atoms with Crippen LogP contribution in [0.15, 0.2) is 48.0 Å². The number of carbonyl (C=O) groups excluding carboxylic acids is 1. The van der Waals surface area contributed by atoms with Crippen LogP contribution in [-0.2, 0) is 15.7 Å². The summed E-state index contributed by atoms with van der Waals surface area (Å²) >= 11 is 0. The fourth-order valence-electron chi connectivity index (χ4n) is 2.54. The molecule has 0 aliphatic carbocycles. The number of cyclic esters (lactones) is 1. The quantitative estimate of drug-likeness (QED) is 0.800. The molecule has 0 bridgehead atoms. The zero-order chi connectivity index (χ0) is 18.4. The molecular weight excluding hydrogens is 339 g/mol. The molecule has 2 aromatic rings. The molecule has 0 spiro atoms. The number of hydrogen-bond donors (Lipinski definition) is 2. The number of carbonyl (C=O) groups is 1. The van der Waals surface area contributed by atoms with Crippen LogP contribution in [0.3, 0.4) is 0 Å². The number of aliphatic hydroxyl groups excluding tert-OH is 2. The average Bonchev–Trinajstić information content (AvgIpc) is 2.81. The highest BCUT2D eigenvalue weighted by atomic mass is 19.4. The van der Waals surface area contributed by atoms with Gasteiger partial charge in [-0.25, -0.2) is 4.79 Å². The Labute approximate surface area is 140 Å². The van der Waals surface area contributed by atoms with E-state index in [4.69, 9.17) is 0 Å².